The minimum absolute atomic E-state index is 0.237. The molecule has 0 unspecified atom stereocenters. The summed E-state index contributed by atoms with van der Waals surface area (Å²) in [6, 6.07) is 10.6. The molecule has 5 nitrogen and oxygen atoms in total. The molecule has 4 rings (SSSR count). The minimum Gasteiger partial charge on any atom is -0.493 e. The van der Waals surface area contributed by atoms with Crippen LogP contribution >= 0.6 is 0 Å². The largest absolute Gasteiger partial charge is 0.493 e. The number of fused-ring (bicyclic) bond motifs is 2. The van der Waals surface area contributed by atoms with Crippen molar-refractivity contribution < 1.29 is 14.2 Å². The highest BCUT2D eigenvalue weighted by molar-refractivity contribution is 5.51. The molecule has 0 atom stereocenters. The van der Waals surface area contributed by atoms with Gasteiger partial charge in [0, 0.05) is 18.8 Å². The summed E-state index contributed by atoms with van der Waals surface area (Å²) in [4.78, 5) is 7.26. The highest BCUT2D eigenvalue weighted by Gasteiger charge is 2.41. The van der Waals surface area contributed by atoms with Gasteiger partial charge in [-0.05, 0) is 60.6 Å². The molecule has 1 saturated heterocycles. The zero-order valence-electron chi connectivity index (χ0n) is 17.3. The monoisotopic (exact) mass is 382 g/mol. The fourth-order valence-corrected chi connectivity index (χ4v) is 4.43. The zero-order chi connectivity index (χ0) is 19.7. The van der Waals surface area contributed by atoms with E-state index in [2.05, 4.69) is 49.1 Å². The summed E-state index contributed by atoms with van der Waals surface area (Å²) < 4.78 is 17.5. The van der Waals surface area contributed by atoms with E-state index in [1.54, 1.807) is 14.2 Å². The maximum atomic E-state index is 6.41. The molecule has 0 amide bonds. The normalized spacial score (nSPS) is 18.2. The smallest absolute Gasteiger partial charge is 0.161 e. The van der Waals surface area contributed by atoms with E-state index < -0.39 is 0 Å². The minimum atomic E-state index is -0.237. The summed E-state index contributed by atoms with van der Waals surface area (Å²) >= 11 is 0. The van der Waals surface area contributed by atoms with Gasteiger partial charge in [0.05, 0.1) is 26.4 Å². The molecule has 150 valence electrons. The number of pyridine rings is 1. The second-order valence-corrected chi connectivity index (χ2v) is 8.02. The Morgan fingerprint density at radius 3 is 2.46 bits per heavy atom. The second kappa shape index (κ2) is 7.63. The fourth-order valence-electron chi connectivity index (χ4n) is 4.43. The maximum Gasteiger partial charge on any atom is 0.161 e. The molecule has 3 heterocycles. The molecule has 0 radical (unpaired) electrons. The number of ether oxygens (including phenoxy) is 3. The summed E-state index contributed by atoms with van der Waals surface area (Å²) in [6.45, 7) is 6.99. The first-order chi connectivity index (χ1) is 13.6. The van der Waals surface area contributed by atoms with Gasteiger partial charge < -0.3 is 19.1 Å². The number of hydrogen-bond donors (Lipinski definition) is 0. The van der Waals surface area contributed by atoms with Gasteiger partial charge in [-0.3, -0.25) is 0 Å². The van der Waals surface area contributed by atoms with Crippen molar-refractivity contribution in [3.63, 3.8) is 0 Å². The van der Waals surface area contributed by atoms with E-state index in [9.17, 15) is 0 Å². The quantitative estimate of drug-likeness (QED) is 0.789. The van der Waals surface area contributed by atoms with Crippen LogP contribution in [0.15, 0.2) is 30.3 Å². The van der Waals surface area contributed by atoms with Gasteiger partial charge in [0.1, 0.15) is 5.82 Å². The molecule has 28 heavy (non-hydrogen) atoms. The van der Waals surface area contributed by atoms with Crippen molar-refractivity contribution in [2.75, 3.05) is 38.8 Å². The Balaban J connectivity index is 1.59. The summed E-state index contributed by atoms with van der Waals surface area (Å²) in [5.41, 5.74) is 3.49. The van der Waals surface area contributed by atoms with E-state index >= 15 is 0 Å². The van der Waals surface area contributed by atoms with Crippen molar-refractivity contribution in [3.05, 3.63) is 47.2 Å². The Kier molecular flexibility index (Phi) is 5.19. The summed E-state index contributed by atoms with van der Waals surface area (Å²) in [6.07, 6.45) is 2.81. The molecular formula is C23H30N2O3. The fraction of sp³-hybridized carbons (Fsp3) is 0.522. The lowest BCUT2D eigenvalue weighted by molar-refractivity contribution is -0.0768. The van der Waals surface area contributed by atoms with Crippen LogP contribution in [0.2, 0.25) is 0 Å². The van der Waals surface area contributed by atoms with Gasteiger partial charge in [-0.15, -0.1) is 0 Å². The SMILES string of the molecule is COc1cc2c(cc1OC)C1(CCN(c3cccc(C(C)C)n3)CC1)OCC2. The average Bonchev–Trinajstić information content (AvgIpc) is 2.73. The molecule has 0 N–H and O–H groups in total. The molecule has 2 aliphatic rings. The third-order valence-electron chi connectivity index (χ3n) is 6.09. The molecule has 5 heteroatoms. The van der Waals surface area contributed by atoms with Gasteiger partial charge in [-0.2, -0.15) is 0 Å². The lowest BCUT2D eigenvalue weighted by Gasteiger charge is -2.45. The van der Waals surface area contributed by atoms with Crippen molar-refractivity contribution >= 4 is 5.82 Å². The number of rotatable bonds is 4. The van der Waals surface area contributed by atoms with E-state index in [0.29, 0.717) is 5.92 Å². The number of aromatic nitrogens is 1. The van der Waals surface area contributed by atoms with Gasteiger partial charge in [-0.1, -0.05) is 19.9 Å². The number of anilines is 1. The van der Waals surface area contributed by atoms with Gasteiger partial charge in [-0.25, -0.2) is 4.98 Å². The highest BCUT2D eigenvalue weighted by Crippen LogP contribution is 2.45. The van der Waals surface area contributed by atoms with Gasteiger partial charge in [0.15, 0.2) is 11.5 Å². The van der Waals surface area contributed by atoms with Gasteiger partial charge in [0.2, 0.25) is 0 Å². The van der Waals surface area contributed by atoms with Crippen molar-refractivity contribution in [3.8, 4) is 11.5 Å². The van der Waals surface area contributed by atoms with Crippen LogP contribution in [0.3, 0.4) is 0 Å². The molecule has 0 aliphatic carbocycles. The zero-order valence-corrected chi connectivity index (χ0v) is 17.3. The Labute approximate surface area is 167 Å². The Morgan fingerprint density at radius 2 is 1.79 bits per heavy atom. The average molecular weight is 383 g/mol. The molecule has 2 aromatic rings. The molecule has 1 aromatic carbocycles. The van der Waals surface area contributed by atoms with Crippen LogP contribution in [-0.4, -0.2) is 38.9 Å². The number of nitrogens with zero attached hydrogens (tertiary/aromatic N) is 2. The van der Waals surface area contributed by atoms with E-state index in [4.69, 9.17) is 19.2 Å². The summed E-state index contributed by atoms with van der Waals surface area (Å²) in [5.74, 6) is 3.08. The molecule has 0 bridgehead atoms. The standard InChI is InChI=1S/C23H30N2O3/c1-16(2)19-6-5-7-22(24-19)25-11-9-23(10-12-25)18-15-21(27-4)20(26-3)14-17(18)8-13-28-23/h5-7,14-16H,8-13H2,1-4H3. The van der Waals surface area contributed by atoms with E-state index in [1.165, 1.54) is 11.1 Å². The number of piperidine rings is 1. The Bertz CT molecular complexity index is 842. The number of hydrogen-bond acceptors (Lipinski definition) is 5. The predicted molar refractivity (Wildman–Crippen MR) is 111 cm³/mol. The van der Waals surface area contributed by atoms with Crippen molar-refractivity contribution in [2.24, 2.45) is 0 Å². The lowest BCUT2D eigenvalue weighted by atomic mass is 9.79. The third-order valence-corrected chi connectivity index (χ3v) is 6.09. The van der Waals surface area contributed by atoms with Crippen molar-refractivity contribution in [1.29, 1.82) is 0 Å². The van der Waals surface area contributed by atoms with Crippen molar-refractivity contribution in [2.45, 2.75) is 44.6 Å². The molecule has 1 aromatic heterocycles. The summed E-state index contributed by atoms with van der Waals surface area (Å²) in [7, 11) is 3.38. The molecule has 1 fully saturated rings. The first kappa shape index (κ1) is 19.1. The van der Waals surface area contributed by atoms with Gasteiger partial charge >= 0.3 is 0 Å². The van der Waals surface area contributed by atoms with E-state index in [-0.39, 0.29) is 5.60 Å². The molecule has 1 spiro atoms. The van der Waals surface area contributed by atoms with Crippen LogP contribution in [0.1, 0.15) is 49.4 Å². The van der Waals surface area contributed by atoms with Crippen LogP contribution in [0.25, 0.3) is 0 Å². The first-order valence-corrected chi connectivity index (χ1v) is 10.2. The Morgan fingerprint density at radius 1 is 1.07 bits per heavy atom. The second-order valence-electron chi connectivity index (χ2n) is 8.02. The topological polar surface area (TPSA) is 43.8 Å². The molecular weight excluding hydrogens is 352 g/mol. The van der Waals surface area contributed by atoms with Crippen LogP contribution < -0.4 is 14.4 Å². The van der Waals surface area contributed by atoms with Gasteiger partial charge in [0.25, 0.3) is 0 Å². The molecule has 0 saturated carbocycles. The Hall–Kier alpha value is -2.27. The predicted octanol–water partition coefficient (Wildman–Crippen LogP) is 4.29. The number of benzene rings is 1. The van der Waals surface area contributed by atoms with Crippen molar-refractivity contribution in [1.82, 2.24) is 4.98 Å². The van der Waals surface area contributed by atoms with E-state index in [1.807, 2.05) is 0 Å². The van der Waals surface area contributed by atoms with E-state index in [0.717, 1.165) is 62.0 Å². The summed E-state index contributed by atoms with van der Waals surface area (Å²) in [5, 5.41) is 0. The number of methoxy groups -OCH3 is 2. The third kappa shape index (κ3) is 3.32. The van der Waals surface area contributed by atoms with Crippen LogP contribution in [0, 0.1) is 0 Å². The van der Waals surface area contributed by atoms with Crippen LogP contribution in [0.4, 0.5) is 5.82 Å². The lowest BCUT2D eigenvalue weighted by Crippen LogP contribution is -2.47. The maximum absolute atomic E-state index is 6.41. The highest BCUT2D eigenvalue weighted by atomic mass is 16.5. The van der Waals surface area contributed by atoms with Crippen LogP contribution in [0.5, 0.6) is 11.5 Å². The van der Waals surface area contributed by atoms with Crippen LogP contribution in [-0.2, 0) is 16.8 Å². The molecule has 2 aliphatic heterocycles. The first-order valence-electron chi connectivity index (χ1n) is 10.2.